The molecule has 0 aliphatic heterocycles. The summed E-state index contributed by atoms with van der Waals surface area (Å²) in [6, 6.07) is 7.43. The lowest BCUT2D eigenvalue weighted by atomic mass is 10.1. The van der Waals surface area contributed by atoms with Gasteiger partial charge in [-0.25, -0.2) is 0 Å². The van der Waals surface area contributed by atoms with Crippen LogP contribution in [-0.2, 0) is 6.54 Å². The zero-order chi connectivity index (χ0) is 12.0. The van der Waals surface area contributed by atoms with Crippen molar-refractivity contribution in [3.05, 3.63) is 35.4 Å². The smallest absolute Gasteiger partial charge is 0.249 e. The molecule has 0 aliphatic rings. The molecule has 0 spiro atoms. The molecule has 0 radical (unpaired) electrons. The van der Waals surface area contributed by atoms with Gasteiger partial charge in [-0.3, -0.25) is 4.79 Å². The highest BCUT2D eigenvalue weighted by Gasteiger charge is 2.08. The fourth-order valence-electron chi connectivity index (χ4n) is 1.63. The molecule has 16 heavy (non-hydrogen) atoms. The summed E-state index contributed by atoms with van der Waals surface area (Å²) >= 11 is 0. The summed E-state index contributed by atoms with van der Waals surface area (Å²) in [5, 5.41) is 0. The summed E-state index contributed by atoms with van der Waals surface area (Å²) in [5.41, 5.74) is 12.3. The minimum absolute atomic E-state index is 0.372. The monoisotopic (exact) mass is 221 g/mol. The molecule has 0 bridgehead atoms. The second-order valence-electron chi connectivity index (χ2n) is 3.90. The quantitative estimate of drug-likeness (QED) is 0.737. The van der Waals surface area contributed by atoms with Crippen molar-refractivity contribution in [1.29, 1.82) is 0 Å². The van der Waals surface area contributed by atoms with Gasteiger partial charge in [0.25, 0.3) is 0 Å². The summed E-state index contributed by atoms with van der Waals surface area (Å²) < 4.78 is 0. The molecule has 0 unspecified atom stereocenters. The first-order chi connectivity index (χ1) is 7.65. The minimum Gasteiger partial charge on any atom is -0.366 e. The van der Waals surface area contributed by atoms with E-state index in [9.17, 15) is 4.79 Å². The Labute approximate surface area is 96.2 Å². The first-order valence-electron chi connectivity index (χ1n) is 5.41. The number of carbonyl (C=O) groups is 1. The van der Waals surface area contributed by atoms with Crippen LogP contribution >= 0.6 is 0 Å². The van der Waals surface area contributed by atoms with Gasteiger partial charge in [0.2, 0.25) is 5.91 Å². The average Bonchev–Trinajstić information content (AvgIpc) is 2.27. The fourth-order valence-corrected chi connectivity index (χ4v) is 1.63. The van der Waals surface area contributed by atoms with Gasteiger partial charge in [-0.05, 0) is 38.2 Å². The number of primary amides is 1. The van der Waals surface area contributed by atoms with E-state index < -0.39 is 0 Å². The lowest BCUT2D eigenvalue weighted by Gasteiger charge is -2.17. The van der Waals surface area contributed by atoms with Gasteiger partial charge in [-0.15, -0.1) is 0 Å². The van der Waals surface area contributed by atoms with Gasteiger partial charge in [0.1, 0.15) is 0 Å². The van der Waals surface area contributed by atoms with Crippen LogP contribution in [0.2, 0.25) is 0 Å². The molecule has 0 atom stereocenters. The van der Waals surface area contributed by atoms with Crippen LogP contribution in [0.25, 0.3) is 0 Å². The third kappa shape index (κ3) is 3.64. The highest BCUT2D eigenvalue weighted by Crippen LogP contribution is 2.10. The number of hydrogen-bond acceptors (Lipinski definition) is 3. The van der Waals surface area contributed by atoms with E-state index >= 15 is 0 Å². The molecule has 1 amide bonds. The molecule has 4 N–H and O–H groups in total. The molecule has 0 saturated carbocycles. The van der Waals surface area contributed by atoms with Gasteiger partial charge in [0.05, 0.1) is 0 Å². The Hall–Kier alpha value is -1.39. The first-order valence-corrected chi connectivity index (χ1v) is 5.41. The summed E-state index contributed by atoms with van der Waals surface area (Å²) in [6.45, 7) is 2.32. The number of nitrogens with two attached hydrogens (primary N) is 2. The highest BCUT2D eigenvalue weighted by atomic mass is 16.1. The molecular formula is C12H19N3O. The molecule has 0 fully saturated rings. The Morgan fingerprint density at radius 3 is 2.69 bits per heavy atom. The van der Waals surface area contributed by atoms with Crippen molar-refractivity contribution >= 4 is 5.91 Å². The van der Waals surface area contributed by atoms with Crippen molar-refractivity contribution in [3.63, 3.8) is 0 Å². The molecule has 0 heterocycles. The van der Waals surface area contributed by atoms with Crippen LogP contribution in [0.5, 0.6) is 0 Å². The Morgan fingerprint density at radius 1 is 1.38 bits per heavy atom. The van der Waals surface area contributed by atoms with Gasteiger partial charge in [-0.2, -0.15) is 0 Å². The van der Waals surface area contributed by atoms with E-state index in [0.717, 1.165) is 25.1 Å². The molecule has 1 rings (SSSR count). The molecule has 1 aromatic carbocycles. The van der Waals surface area contributed by atoms with E-state index in [-0.39, 0.29) is 5.91 Å². The van der Waals surface area contributed by atoms with Crippen LogP contribution in [-0.4, -0.2) is 30.9 Å². The Kier molecular flexibility index (Phi) is 4.95. The summed E-state index contributed by atoms with van der Waals surface area (Å²) in [5.74, 6) is -0.372. The Bertz CT molecular complexity index is 352. The van der Waals surface area contributed by atoms with Gasteiger partial charge >= 0.3 is 0 Å². The van der Waals surface area contributed by atoms with Gasteiger partial charge < -0.3 is 16.4 Å². The first kappa shape index (κ1) is 12.7. The highest BCUT2D eigenvalue weighted by molar-refractivity contribution is 5.94. The number of rotatable bonds is 6. The standard InChI is InChI=1S/C12H19N3O/c1-15(8-4-7-13)9-10-5-2-3-6-11(10)12(14)16/h2-3,5-6H,4,7-9,13H2,1H3,(H2,14,16). The number of hydrogen-bond donors (Lipinski definition) is 2. The van der Waals surface area contributed by atoms with E-state index in [2.05, 4.69) is 4.90 Å². The van der Waals surface area contributed by atoms with Crippen LogP contribution in [0, 0.1) is 0 Å². The molecule has 88 valence electrons. The molecule has 1 aromatic rings. The third-order valence-corrected chi connectivity index (χ3v) is 2.47. The second kappa shape index (κ2) is 6.25. The third-order valence-electron chi connectivity index (χ3n) is 2.47. The van der Waals surface area contributed by atoms with Crippen molar-refractivity contribution in [2.24, 2.45) is 11.5 Å². The maximum Gasteiger partial charge on any atom is 0.249 e. The Morgan fingerprint density at radius 2 is 2.06 bits per heavy atom. The van der Waals surface area contributed by atoms with E-state index in [1.54, 1.807) is 6.07 Å². The van der Waals surface area contributed by atoms with Gasteiger partial charge in [-0.1, -0.05) is 18.2 Å². The van der Waals surface area contributed by atoms with Crippen molar-refractivity contribution in [3.8, 4) is 0 Å². The van der Waals surface area contributed by atoms with Crippen molar-refractivity contribution in [1.82, 2.24) is 4.90 Å². The van der Waals surface area contributed by atoms with Gasteiger partial charge in [0.15, 0.2) is 0 Å². The molecule has 4 heteroatoms. The summed E-state index contributed by atoms with van der Waals surface area (Å²) in [7, 11) is 2.01. The van der Waals surface area contributed by atoms with E-state index in [1.807, 2.05) is 25.2 Å². The van der Waals surface area contributed by atoms with Crippen LogP contribution in [0.1, 0.15) is 22.3 Å². The van der Waals surface area contributed by atoms with Crippen LogP contribution in [0.3, 0.4) is 0 Å². The number of amides is 1. The van der Waals surface area contributed by atoms with Crippen LogP contribution < -0.4 is 11.5 Å². The average molecular weight is 221 g/mol. The normalized spacial score (nSPS) is 10.7. The van der Waals surface area contributed by atoms with E-state index in [1.165, 1.54) is 0 Å². The van der Waals surface area contributed by atoms with Crippen LogP contribution in [0.15, 0.2) is 24.3 Å². The largest absolute Gasteiger partial charge is 0.366 e. The maximum atomic E-state index is 11.2. The van der Waals surface area contributed by atoms with Crippen molar-refractivity contribution in [2.45, 2.75) is 13.0 Å². The Balaban J connectivity index is 2.69. The molecule has 4 nitrogen and oxygen atoms in total. The fraction of sp³-hybridized carbons (Fsp3) is 0.417. The SMILES string of the molecule is CN(CCCN)Cc1ccccc1C(N)=O. The molecule has 0 saturated heterocycles. The molecule has 0 aromatic heterocycles. The van der Waals surface area contributed by atoms with E-state index in [0.29, 0.717) is 12.1 Å². The zero-order valence-electron chi connectivity index (χ0n) is 9.65. The lowest BCUT2D eigenvalue weighted by Crippen LogP contribution is -2.23. The predicted molar refractivity (Wildman–Crippen MR) is 65.0 cm³/mol. The van der Waals surface area contributed by atoms with E-state index in [4.69, 9.17) is 11.5 Å². The van der Waals surface area contributed by atoms with Crippen LogP contribution in [0.4, 0.5) is 0 Å². The topological polar surface area (TPSA) is 72.3 Å². The lowest BCUT2D eigenvalue weighted by molar-refractivity contribution is 0.0998. The van der Waals surface area contributed by atoms with Crippen molar-refractivity contribution in [2.75, 3.05) is 20.1 Å². The maximum absolute atomic E-state index is 11.2. The number of carbonyl (C=O) groups excluding carboxylic acids is 1. The van der Waals surface area contributed by atoms with Gasteiger partial charge in [0, 0.05) is 12.1 Å². The zero-order valence-corrected chi connectivity index (χ0v) is 9.65. The molecular weight excluding hydrogens is 202 g/mol. The number of benzene rings is 1. The molecule has 0 aliphatic carbocycles. The summed E-state index contributed by atoms with van der Waals surface area (Å²) in [6.07, 6.45) is 0.954. The minimum atomic E-state index is -0.372. The second-order valence-corrected chi connectivity index (χ2v) is 3.90. The predicted octanol–water partition coefficient (Wildman–Crippen LogP) is 0.566. The summed E-state index contributed by atoms with van der Waals surface area (Å²) in [4.78, 5) is 13.3. The van der Waals surface area contributed by atoms with Crippen molar-refractivity contribution < 1.29 is 4.79 Å². The number of nitrogens with zero attached hydrogens (tertiary/aromatic N) is 1.